The van der Waals surface area contributed by atoms with E-state index in [0.717, 1.165) is 10.2 Å². The monoisotopic (exact) mass is 266 g/mol. The topological polar surface area (TPSA) is 35.8 Å². The zero-order valence-corrected chi connectivity index (χ0v) is 10.8. The van der Waals surface area contributed by atoms with E-state index in [4.69, 9.17) is 5.26 Å². The van der Waals surface area contributed by atoms with E-state index in [0.29, 0.717) is 17.5 Å². The first-order valence-corrected chi connectivity index (χ1v) is 5.80. The Balaban J connectivity index is 2.91. The molecule has 0 aliphatic heterocycles. The molecule has 1 aromatic carbocycles. The van der Waals surface area contributed by atoms with Crippen molar-refractivity contribution in [3.05, 3.63) is 28.2 Å². The predicted molar refractivity (Wildman–Crippen MR) is 66.8 cm³/mol. The summed E-state index contributed by atoms with van der Waals surface area (Å²) in [5.41, 5.74) is 1.58. The lowest BCUT2D eigenvalue weighted by molar-refractivity contribution is 0.560. The van der Waals surface area contributed by atoms with Crippen LogP contribution in [0, 0.1) is 17.2 Å². The first-order valence-electron chi connectivity index (χ1n) is 5.00. The number of nitrogens with zero attached hydrogens (tertiary/aromatic N) is 1. The molecule has 0 spiro atoms. The van der Waals surface area contributed by atoms with Crippen LogP contribution in [0.5, 0.6) is 0 Å². The summed E-state index contributed by atoms with van der Waals surface area (Å²) in [5, 5.41) is 12.3. The number of anilines is 1. The lowest BCUT2D eigenvalue weighted by atomic mass is 10.1. The molecule has 1 rings (SSSR count). The molecule has 0 aromatic heterocycles. The summed E-state index contributed by atoms with van der Waals surface area (Å²) in [6.45, 7) is 6.43. The minimum Gasteiger partial charge on any atom is -0.381 e. The molecule has 0 heterocycles. The van der Waals surface area contributed by atoms with Crippen molar-refractivity contribution in [2.45, 2.75) is 26.8 Å². The molecule has 0 bridgehead atoms. The second-order valence-electron chi connectivity index (χ2n) is 3.98. The molecule has 0 aliphatic rings. The molecule has 0 saturated carbocycles. The van der Waals surface area contributed by atoms with Gasteiger partial charge in [-0.25, -0.2) is 0 Å². The van der Waals surface area contributed by atoms with Gasteiger partial charge < -0.3 is 5.32 Å². The molecule has 80 valence electrons. The minimum absolute atomic E-state index is 0.360. The Morgan fingerprint density at radius 1 is 1.33 bits per heavy atom. The Bertz CT molecular complexity index is 380. The molecule has 15 heavy (non-hydrogen) atoms. The van der Waals surface area contributed by atoms with Crippen LogP contribution in [0.25, 0.3) is 0 Å². The van der Waals surface area contributed by atoms with Crippen LogP contribution in [0.3, 0.4) is 0 Å². The van der Waals surface area contributed by atoms with Crippen LogP contribution < -0.4 is 5.32 Å². The molecule has 0 radical (unpaired) electrons. The molecule has 0 amide bonds. The van der Waals surface area contributed by atoms with Crippen LogP contribution in [0.1, 0.15) is 26.3 Å². The quantitative estimate of drug-likeness (QED) is 0.904. The molecular formula is C12H15BrN2. The van der Waals surface area contributed by atoms with Gasteiger partial charge in [0.1, 0.15) is 6.07 Å². The molecule has 1 unspecified atom stereocenters. The summed E-state index contributed by atoms with van der Waals surface area (Å²) < 4.78 is 0.932. The van der Waals surface area contributed by atoms with Gasteiger partial charge in [-0.05, 0) is 31.0 Å². The van der Waals surface area contributed by atoms with Crippen LogP contribution in [0.15, 0.2) is 22.7 Å². The average molecular weight is 267 g/mol. The van der Waals surface area contributed by atoms with Crippen molar-refractivity contribution >= 4 is 21.6 Å². The summed E-state index contributed by atoms with van der Waals surface area (Å²) >= 11 is 3.35. The van der Waals surface area contributed by atoms with Gasteiger partial charge in [0.05, 0.1) is 11.3 Å². The van der Waals surface area contributed by atoms with E-state index in [1.54, 1.807) is 0 Å². The minimum atomic E-state index is 0.360. The van der Waals surface area contributed by atoms with Crippen molar-refractivity contribution in [1.82, 2.24) is 0 Å². The molecule has 1 N–H and O–H groups in total. The van der Waals surface area contributed by atoms with Crippen LogP contribution in [-0.2, 0) is 0 Å². The van der Waals surface area contributed by atoms with Gasteiger partial charge in [-0.15, -0.1) is 0 Å². The Morgan fingerprint density at radius 2 is 2.00 bits per heavy atom. The van der Waals surface area contributed by atoms with Gasteiger partial charge in [-0.1, -0.05) is 29.8 Å². The molecule has 1 aromatic rings. The summed E-state index contributed by atoms with van der Waals surface area (Å²) in [6, 6.07) is 8.25. The summed E-state index contributed by atoms with van der Waals surface area (Å²) in [5.74, 6) is 0.542. The number of nitriles is 1. The van der Waals surface area contributed by atoms with E-state index in [9.17, 15) is 0 Å². The lowest BCUT2D eigenvalue weighted by Gasteiger charge is -2.19. The second-order valence-corrected chi connectivity index (χ2v) is 4.89. The highest BCUT2D eigenvalue weighted by molar-refractivity contribution is 9.10. The van der Waals surface area contributed by atoms with E-state index < -0.39 is 0 Å². The average Bonchev–Trinajstić information content (AvgIpc) is 2.20. The number of nitrogens with one attached hydrogen (secondary N) is 1. The predicted octanol–water partition coefficient (Wildman–Crippen LogP) is 3.78. The van der Waals surface area contributed by atoms with Crippen molar-refractivity contribution in [3.63, 3.8) is 0 Å². The van der Waals surface area contributed by atoms with E-state index in [1.165, 1.54) is 0 Å². The Hall–Kier alpha value is -1.01. The highest BCUT2D eigenvalue weighted by Gasteiger charge is 2.09. The standard InChI is InChI=1S/C12H15BrN2/c1-8(2)9(3)15-12-5-4-11(13)6-10(12)7-14/h4-6,8-9,15H,1-3H3. The van der Waals surface area contributed by atoms with E-state index in [2.05, 4.69) is 48.1 Å². The molecular weight excluding hydrogens is 252 g/mol. The third-order valence-electron chi connectivity index (χ3n) is 2.49. The first-order chi connectivity index (χ1) is 7.04. The first kappa shape index (κ1) is 12.1. The van der Waals surface area contributed by atoms with E-state index in [1.807, 2.05) is 18.2 Å². The van der Waals surface area contributed by atoms with Crippen molar-refractivity contribution in [3.8, 4) is 6.07 Å². The van der Waals surface area contributed by atoms with Crippen LogP contribution in [-0.4, -0.2) is 6.04 Å². The van der Waals surface area contributed by atoms with Crippen molar-refractivity contribution < 1.29 is 0 Å². The SMILES string of the molecule is CC(C)C(C)Nc1ccc(Br)cc1C#N. The summed E-state index contributed by atoms with van der Waals surface area (Å²) in [6.07, 6.45) is 0. The Kier molecular flexibility index (Phi) is 4.16. The molecule has 0 fully saturated rings. The third kappa shape index (κ3) is 3.24. The van der Waals surface area contributed by atoms with Gasteiger partial charge in [0, 0.05) is 10.5 Å². The fraction of sp³-hybridized carbons (Fsp3) is 0.417. The third-order valence-corrected chi connectivity index (χ3v) is 2.98. The van der Waals surface area contributed by atoms with Gasteiger partial charge in [-0.2, -0.15) is 5.26 Å². The van der Waals surface area contributed by atoms with Crippen LogP contribution in [0.4, 0.5) is 5.69 Å². The van der Waals surface area contributed by atoms with Crippen LogP contribution >= 0.6 is 15.9 Å². The summed E-state index contributed by atoms with van der Waals surface area (Å²) in [7, 11) is 0. The fourth-order valence-electron chi connectivity index (χ4n) is 1.15. The maximum Gasteiger partial charge on any atom is 0.101 e. The smallest absolute Gasteiger partial charge is 0.101 e. The van der Waals surface area contributed by atoms with Crippen molar-refractivity contribution in [2.75, 3.05) is 5.32 Å². The summed E-state index contributed by atoms with van der Waals surface area (Å²) in [4.78, 5) is 0. The fourth-order valence-corrected chi connectivity index (χ4v) is 1.51. The lowest BCUT2D eigenvalue weighted by Crippen LogP contribution is -2.21. The zero-order chi connectivity index (χ0) is 11.4. The number of benzene rings is 1. The molecule has 0 saturated heterocycles. The Labute approximate surface area is 99.4 Å². The number of halogens is 1. The van der Waals surface area contributed by atoms with Crippen LogP contribution in [0.2, 0.25) is 0 Å². The molecule has 2 nitrogen and oxygen atoms in total. The normalized spacial score (nSPS) is 12.3. The molecule has 3 heteroatoms. The van der Waals surface area contributed by atoms with Gasteiger partial charge in [0.15, 0.2) is 0 Å². The molecule has 0 aliphatic carbocycles. The zero-order valence-electron chi connectivity index (χ0n) is 9.21. The van der Waals surface area contributed by atoms with E-state index >= 15 is 0 Å². The highest BCUT2D eigenvalue weighted by Crippen LogP contribution is 2.22. The molecule has 1 atom stereocenters. The Morgan fingerprint density at radius 3 is 2.53 bits per heavy atom. The van der Waals surface area contributed by atoms with Crippen molar-refractivity contribution in [2.24, 2.45) is 5.92 Å². The maximum atomic E-state index is 8.98. The second kappa shape index (κ2) is 5.18. The van der Waals surface area contributed by atoms with Gasteiger partial charge in [0.25, 0.3) is 0 Å². The van der Waals surface area contributed by atoms with E-state index in [-0.39, 0.29) is 0 Å². The largest absolute Gasteiger partial charge is 0.381 e. The van der Waals surface area contributed by atoms with Crippen molar-refractivity contribution in [1.29, 1.82) is 5.26 Å². The number of rotatable bonds is 3. The van der Waals surface area contributed by atoms with Gasteiger partial charge >= 0.3 is 0 Å². The number of hydrogen-bond donors (Lipinski definition) is 1. The maximum absolute atomic E-state index is 8.98. The highest BCUT2D eigenvalue weighted by atomic mass is 79.9. The van der Waals surface area contributed by atoms with Gasteiger partial charge in [0.2, 0.25) is 0 Å². The number of hydrogen-bond acceptors (Lipinski definition) is 2. The van der Waals surface area contributed by atoms with Gasteiger partial charge in [-0.3, -0.25) is 0 Å².